The van der Waals surface area contributed by atoms with Crippen LogP contribution in [-0.2, 0) is 17.4 Å². The fourth-order valence-electron chi connectivity index (χ4n) is 3.61. The fourth-order valence-corrected chi connectivity index (χ4v) is 3.61. The zero-order valence-corrected chi connectivity index (χ0v) is 16.4. The lowest BCUT2D eigenvalue weighted by Gasteiger charge is -2.32. The third-order valence-electron chi connectivity index (χ3n) is 5.31. The first-order valence-corrected chi connectivity index (χ1v) is 9.69. The summed E-state index contributed by atoms with van der Waals surface area (Å²) in [6.07, 6.45) is -2.88. The van der Waals surface area contributed by atoms with E-state index in [9.17, 15) is 28.1 Å². The molecule has 0 aliphatic carbocycles. The average Bonchev–Trinajstić information content (AvgIpc) is 2.73. The van der Waals surface area contributed by atoms with Crippen LogP contribution in [0, 0.1) is 16.0 Å². The number of halogens is 3. The Morgan fingerprint density at radius 1 is 1.20 bits per heavy atom. The van der Waals surface area contributed by atoms with Gasteiger partial charge in [0.1, 0.15) is 5.69 Å². The Morgan fingerprint density at radius 2 is 1.90 bits per heavy atom. The summed E-state index contributed by atoms with van der Waals surface area (Å²) in [5.74, 6) is -0.384. The molecule has 9 heteroatoms. The van der Waals surface area contributed by atoms with E-state index in [2.05, 4.69) is 5.32 Å². The van der Waals surface area contributed by atoms with Gasteiger partial charge in [0.25, 0.3) is 5.69 Å². The van der Waals surface area contributed by atoms with E-state index in [-0.39, 0.29) is 17.5 Å². The van der Waals surface area contributed by atoms with Gasteiger partial charge in [-0.15, -0.1) is 0 Å². The van der Waals surface area contributed by atoms with E-state index in [4.69, 9.17) is 0 Å². The minimum atomic E-state index is -4.65. The van der Waals surface area contributed by atoms with Gasteiger partial charge in [0.2, 0.25) is 5.91 Å². The van der Waals surface area contributed by atoms with Crippen LogP contribution in [0.4, 0.5) is 30.2 Å². The molecule has 6 nitrogen and oxygen atoms in total. The molecule has 1 fully saturated rings. The number of carbonyl (C=O) groups is 1. The molecule has 0 atom stereocenters. The van der Waals surface area contributed by atoms with E-state index in [1.165, 1.54) is 0 Å². The van der Waals surface area contributed by atoms with Crippen molar-refractivity contribution in [2.45, 2.75) is 32.4 Å². The van der Waals surface area contributed by atoms with Gasteiger partial charge in [-0.25, -0.2) is 0 Å². The molecule has 0 spiro atoms. The standard InChI is InChI=1S/C21H22F3N3O3/c1-2-14-4-3-5-17(12-14)25-20(28)15-8-10-26(11-9-15)18-7-6-16(21(22,23)24)13-19(18)27(29)30/h3-7,12-13,15H,2,8-11H2,1H3,(H,25,28). The molecule has 3 rings (SSSR count). The van der Waals surface area contributed by atoms with Crippen LogP contribution >= 0.6 is 0 Å². The van der Waals surface area contributed by atoms with E-state index in [0.717, 1.165) is 29.8 Å². The summed E-state index contributed by atoms with van der Waals surface area (Å²) in [7, 11) is 0. The largest absolute Gasteiger partial charge is 0.416 e. The van der Waals surface area contributed by atoms with Gasteiger partial charge in [-0.3, -0.25) is 14.9 Å². The maximum Gasteiger partial charge on any atom is 0.416 e. The molecule has 1 aliphatic heterocycles. The normalized spacial score (nSPS) is 15.1. The monoisotopic (exact) mass is 421 g/mol. The predicted octanol–water partition coefficient (Wildman–Crippen LogP) is 5.03. The number of amides is 1. The highest BCUT2D eigenvalue weighted by Gasteiger charge is 2.34. The first-order chi connectivity index (χ1) is 14.2. The summed E-state index contributed by atoms with van der Waals surface area (Å²) >= 11 is 0. The van der Waals surface area contributed by atoms with Crippen molar-refractivity contribution in [2.75, 3.05) is 23.3 Å². The molecule has 2 aromatic carbocycles. The lowest BCUT2D eigenvalue weighted by Crippen LogP contribution is -2.38. The topological polar surface area (TPSA) is 75.5 Å². The van der Waals surface area contributed by atoms with Crippen LogP contribution in [0.25, 0.3) is 0 Å². The molecule has 1 N–H and O–H groups in total. The summed E-state index contributed by atoms with van der Waals surface area (Å²) in [5.41, 5.74) is 0.338. The molecule has 0 unspecified atom stereocenters. The van der Waals surface area contributed by atoms with Crippen molar-refractivity contribution in [3.8, 4) is 0 Å². The van der Waals surface area contributed by atoms with Gasteiger partial charge in [-0.2, -0.15) is 13.2 Å². The average molecular weight is 421 g/mol. The minimum absolute atomic E-state index is 0.121. The summed E-state index contributed by atoms with van der Waals surface area (Å²) in [6.45, 7) is 2.72. The Balaban J connectivity index is 1.67. The molecule has 0 saturated carbocycles. The number of alkyl halides is 3. The van der Waals surface area contributed by atoms with E-state index in [0.29, 0.717) is 32.0 Å². The lowest BCUT2D eigenvalue weighted by molar-refractivity contribution is -0.384. The van der Waals surface area contributed by atoms with Crippen molar-refractivity contribution in [3.63, 3.8) is 0 Å². The molecule has 1 aliphatic rings. The zero-order valence-electron chi connectivity index (χ0n) is 16.4. The number of benzene rings is 2. The maximum absolute atomic E-state index is 12.9. The number of carbonyl (C=O) groups excluding carboxylic acids is 1. The molecule has 1 heterocycles. The van der Waals surface area contributed by atoms with E-state index < -0.39 is 22.4 Å². The third-order valence-corrected chi connectivity index (χ3v) is 5.31. The number of piperidine rings is 1. The Morgan fingerprint density at radius 3 is 2.50 bits per heavy atom. The number of nitro groups is 1. The fraction of sp³-hybridized carbons (Fsp3) is 0.381. The lowest BCUT2D eigenvalue weighted by atomic mass is 9.95. The highest BCUT2D eigenvalue weighted by molar-refractivity contribution is 5.92. The van der Waals surface area contributed by atoms with Crippen molar-refractivity contribution >= 4 is 23.0 Å². The molecule has 1 amide bonds. The van der Waals surface area contributed by atoms with Crippen LogP contribution < -0.4 is 10.2 Å². The second kappa shape index (κ2) is 8.73. The quantitative estimate of drug-likeness (QED) is 0.543. The third kappa shape index (κ3) is 4.90. The Bertz CT molecular complexity index is 939. The first kappa shape index (κ1) is 21.6. The highest BCUT2D eigenvalue weighted by Crippen LogP contribution is 2.37. The second-order valence-electron chi connectivity index (χ2n) is 7.26. The molecule has 0 bridgehead atoms. The number of hydrogen-bond donors (Lipinski definition) is 1. The van der Waals surface area contributed by atoms with Gasteiger partial charge in [-0.05, 0) is 49.1 Å². The van der Waals surface area contributed by atoms with Crippen LogP contribution in [-0.4, -0.2) is 23.9 Å². The number of hydrogen-bond acceptors (Lipinski definition) is 4. The Hall–Kier alpha value is -3.10. The first-order valence-electron chi connectivity index (χ1n) is 9.69. The van der Waals surface area contributed by atoms with Crippen LogP contribution in [0.5, 0.6) is 0 Å². The van der Waals surface area contributed by atoms with E-state index in [1.807, 2.05) is 31.2 Å². The smallest absolute Gasteiger partial charge is 0.366 e. The van der Waals surface area contributed by atoms with Crippen molar-refractivity contribution < 1.29 is 22.9 Å². The number of aryl methyl sites for hydroxylation is 1. The molecule has 0 aromatic heterocycles. The highest BCUT2D eigenvalue weighted by atomic mass is 19.4. The SMILES string of the molecule is CCc1cccc(NC(=O)C2CCN(c3ccc(C(F)(F)F)cc3[N+](=O)[O-])CC2)c1. The van der Waals surface area contributed by atoms with Crippen molar-refractivity contribution in [3.05, 3.63) is 63.7 Å². The second-order valence-corrected chi connectivity index (χ2v) is 7.26. The summed E-state index contributed by atoms with van der Waals surface area (Å²) in [6, 6.07) is 10.1. The van der Waals surface area contributed by atoms with Gasteiger partial charge in [0.05, 0.1) is 10.5 Å². The van der Waals surface area contributed by atoms with Crippen molar-refractivity contribution in [1.82, 2.24) is 0 Å². The number of nitro benzene ring substituents is 1. The van der Waals surface area contributed by atoms with Crippen LogP contribution in [0.3, 0.4) is 0 Å². The van der Waals surface area contributed by atoms with Gasteiger partial charge in [0.15, 0.2) is 0 Å². The van der Waals surface area contributed by atoms with Gasteiger partial charge in [0, 0.05) is 30.8 Å². The zero-order chi connectivity index (χ0) is 21.9. The number of nitrogens with one attached hydrogen (secondary N) is 1. The van der Waals surface area contributed by atoms with Gasteiger partial charge in [-0.1, -0.05) is 19.1 Å². The Labute approximate surface area is 171 Å². The van der Waals surface area contributed by atoms with Gasteiger partial charge < -0.3 is 10.2 Å². The molecular formula is C21H22F3N3O3. The predicted molar refractivity (Wildman–Crippen MR) is 107 cm³/mol. The van der Waals surface area contributed by atoms with Gasteiger partial charge >= 0.3 is 6.18 Å². The van der Waals surface area contributed by atoms with Crippen LogP contribution in [0.15, 0.2) is 42.5 Å². The maximum atomic E-state index is 12.9. The van der Waals surface area contributed by atoms with E-state index >= 15 is 0 Å². The van der Waals surface area contributed by atoms with Crippen LogP contribution in [0.2, 0.25) is 0 Å². The minimum Gasteiger partial charge on any atom is -0.366 e. The molecule has 0 radical (unpaired) electrons. The molecule has 30 heavy (non-hydrogen) atoms. The van der Waals surface area contributed by atoms with Crippen molar-refractivity contribution in [2.24, 2.45) is 5.92 Å². The van der Waals surface area contributed by atoms with Crippen molar-refractivity contribution in [1.29, 1.82) is 0 Å². The molecule has 1 saturated heterocycles. The van der Waals surface area contributed by atoms with Crippen LogP contribution in [0.1, 0.15) is 30.9 Å². The number of rotatable bonds is 5. The number of anilines is 2. The summed E-state index contributed by atoms with van der Waals surface area (Å²) in [4.78, 5) is 24.8. The summed E-state index contributed by atoms with van der Waals surface area (Å²) < 4.78 is 38.7. The molecule has 2 aromatic rings. The van der Waals surface area contributed by atoms with E-state index in [1.54, 1.807) is 4.90 Å². The molecular weight excluding hydrogens is 399 g/mol. The molecule has 160 valence electrons. The summed E-state index contributed by atoms with van der Waals surface area (Å²) in [5, 5.41) is 14.2. The Kier molecular flexibility index (Phi) is 6.28. The number of nitrogens with zero attached hydrogens (tertiary/aromatic N) is 2.